The molecule has 0 bridgehead atoms. The van der Waals surface area contributed by atoms with E-state index in [1.807, 2.05) is 32.0 Å². The summed E-state index contributed by atoms with van der Waals surface area (Å²) in [5, 5.41) is 22.2. The highest BCUT2D eigenvalue weighted by Crippen LogP contribution is 2.26. The van der Waals surface area contributed by atoms with Crippen molar-refractivity contribution < 1.29 is 14.2 Å². The summed E-state index contributed by atoms with van der Waals surface area (Å²) in [6.07, 6.45) is -0.607. The zero-order valence-corrected chi connectivity index (χ0v) is 17.3. The minimum Gasteiger partial charge on any atom is -0.491 e. The van der Waals surface area contributed by atoms with Crippen molar-refractivity contribution in [1.82, 2.24) is 10.2 Å². The lowest BCUT2D eigenvalue weighted by Crippen LogP contribution is -2.20. The lowest BCUT2D eigenvalue weighted by molar-refractivity contribution is 0.126. The number of hydrogen-bond donors (Lipinski definition) is 2. The average molecular weight is 420 g/mol. The van der Waals surface area contributed by atoms with Gasteiger partial charge in [-0.1, -0.05) is 47.4 Å². The first kappa shape index (κ1) is 20.6. The van der Waals surface area contributed by atoms with E-state index < -0.39 is 6.10 Å². The molecule has 0 saturated heterocycles. The summed E-state index contributed by atoms with van der Waals surface area (Å²) in [6, 6.07) is 12.3. The van der Waals surface area contributed by atoms with Gasteiger partial charge >= 0.3 is 0 Å². The van der Waals surface area contributed by atoms with E-state index in [2.05, 4.69) is 15.5 Å². The van der Waals surface area contributed by atoms with Crippen LogP contribution in [-0.4, -0.2) is 33.8 Å². The van der Waals surface area contributed by atoms with Crippen molar-refractivity contribution in [3.63, 3.8) is 0 Å². The second-order valence-electron chi connectivity index (χ2n) is 6.40. The second-order valence-corrected chi connectivity index (χ2v) is 8.64. The molecule has 1 heterocycles. The number of nitrogens with one attached hydrogen (secondary N) is 1. The van der Waals surface area contributed by atoms with Crippen LogP contribution in [0.25, 0.3) is 0 Å². The van der Waals surface area contributed by atoms with Gasteiger partial charge in [-0.25, -0.2) is 4.39 Å². The van der Waals surface area contributed by atoms with E-state index >= 15 is 0 Å². The average Bonchev–Trinajstić information content (AvgIpc) is 3.14. The molecule has 2 aromatic carbocycles. The van der Waals surface area contributed by atoms with E-state index in [1.165, 1.54) is 35.2 Å². The number of thioether (sulfide) groups is 1. The molecule has 1 aromatic heterocycles. The van der Waals surface area contributed by atoms with Gasteiger partial charge in [0.15, 0.2) is 4.34 Å². The fourth-order valence-electron chi connectivity index (χ4n) is 2.38. The Hall–Kier alpha value is -2.16. The Morgan fingerprint density at radius 3 is 2.75 bits per heavy atom. The van der Waals surface area contributed by atoms with Gasteiger partial charge in [0, 0.05) is 12.3 Å². The number of benzene rings is 2. The Balaban J connectivity index is 1.42. The van der Waals surface area contributed by atoms with E-state index in [-0.39, 0.29) is 12.4 Å². The second kappa shape index (κ2) is 9.86. The van der Waals surface area contributed by atoms with Crippen LogP contribution in [-0.2, 0) is 6.54 Å². The summed E-state index contributed by atoms with van der Waals surface area (Å²) >= 11 is 2.86. The highest BCUT2D eigenvalue weighted by Gasteiger charge is 2.11. The maximum atomic E-state index is 12.9. The monoisotopic (exact) mass is 419 g/mol. The van der Waals surface area contributed by atoms with Crippen LogP contribution in [0.15, 0.2) is 46.8 Å². The van der Waals surface area contributed by atoms with Crippen LogP contribution in [0.1, 0.15) is 16.7 Å². The van der Waals surface area contributed by atoms with Crippen LogP contribution >= 0.6 is 23.1 Å². The number of aliphatic hydroxyl groups is 1. The molecule has 0 aliphatic rings. The van der Waals surface area contributed by atoms with Crippen LogP contribution in [0, 0.1) is 19.7 Å². The smallest absolute Gasteiger partial charge is 0.206 e. The zero-order chi connectivity index (χ0) is 19.9. The van der Waals surface area contributed by atoms with Crippen molar-refractivity contribution in [2.45, 2.75) is 30.8 Å². The normalized spacial score (nSPS) is 12.0. The van der Waals surface area contributed by atoms with Crippen LogP contribution in [0.4, 0.5) is 9.52 Å². The number of aryl methyl sites for hydroxylation is 2. The topological polar surface area (TPSA) is 67.3 Å². The van der Waals surface area contributed by atoms with E-state index in [1.54, 1.807) is 12.1 Å². The maximum Gasteiger partial charge on any atom is 0.206 e. The number of aliphatic hydroxyl groups excluding tert-OH is 1. The van der Waals surface area contributed by atoms with E-state index in [0.717, 1.165) is 26.8 Å². The molecule has 0 saturated carbocycles. The summed E-state index contributed by atoms with van der Waals surface area (Å²) in [5.74, 6) is 1.02. The molecule has 0 radical (unpaired) electrons. The molecular weight excluding hydrogens is 397 g/mol. The van der Waals surface area contributed by atoms with Gasteiger partial charge in [0.05, 0.1) is 6.10 Å². The zero-order valence-electron chi connectivity index (χ0n) is 15.7. The molecule has 1 atom stereocenters. The summed E-state index contributed by atoms with van der Waals surface area (Å²) in [4.78, 5) is 0. The predicted octanol–water partition coefficient (Wildman–Crippen LogP) is 4.44. The van der Waals surface area contributed by atoms with Crippen LogP contribution in [0.2, 0.25) is 0 Å². The van der Waals surface area contributed by atoms with E-state index in [0.29, 0.717) is 17.4 Å². The molecular formula is C20H22FN3O2S2. The van der Waals surface area contributed by atoms with Gasteiger partial charge in [-0.2, -0.15) is 0 Å². The highest BCUT2D eigenvalue weighted by atomic mass is 32.2. The SMILES string of the molecule is Cc1ccc(C)c(OC[C@H](O)CSc2nnc(NCc3ccc(F)cc3)s2)c1. The third kappa shape index (κ3) is 6.19. The molecule has 8 heteroatoms. The first-order chi connectivity index (χ1) is 13.5. The molecule has 5 nitrogen and oxygen atoms in total. The van der Waals surface area contributed by atoms with Crippen molar-refractivity contribution in [3.05, 3.63) is 65.0 Å². The fourth-order valence-corrected chi connectivity index (χ4v) is 4.06. The summed E-state index contributed by atoms with van der Waals surface area (Å²) in [5.41, 5.74) is 3.13. The minimum atomic E-state index is -0.607. The van der Waals surface area contributed by atoms with Gasteiger partial charge < -0.3 is 15.2 Å². The summed E-state index contributed by atoms with van der Waals surface area (Å²) < 4.78 is 19.4. The van der Waals surface area contributed by atoms with Gasteiger partial charge in [0.2, 0.25) is 5.13 Å². The lowest BCUT2D eigenvalue weighted by Gasteiger charge is -2.13. The van der Waals surface area contributed by atoms with Gasteiger partial charge in [-0.15, -0.1) is 10.2 Å². The van der Waals surface area contributed by atoms with Gasteiger partial charge in [0.1, 0.15) is 18.2 Å². The lowest BCUT2D eigenvalue weighted by atomic mass is 10.1. The number of hydrogen-bond acceptors (Lipinski definition) is 7. The Bertz CT molecular complexity index is 903. The Morgan fingerprint density at radius 1 is 1.18 bits per heavy atom. The van der Waals surface area contributed by atoms with Gasteiger partial charge in [-0.05, 0) is 48.7 Å². The van der Waals surface area contributed by atoms with Crippen molar-refractivity contribution in [2.75, 3.05) is 17.7 Å². The molecule has 28 heavy (non-hydrogen) atoms. The molecule has 0 aliphatic heterocycles. The molecule has 3 rings (SSSR count). The third-order valence-electron chi connectivity index (χ3n) is 3.94. The fraction of sp³-hybridized carbons (Fsp3) is 0.300. The third-order valence-corrected chi connectivity index (χ3v) is 6.10. The Kier molecular flexibility index (Phi) is 7.24. The number of rotatable bonds is 9. The quantitative estimate of drug-likeness (QED) is 0.500. The van der Waals surface area contributed by atoms with Crippen molar-refractivity contribution in [2.24, 2.45) is 0 Å². The molecule has 148 valence electrons. The standard InChI is InChI=1S/C20H22FN3O2S2/c1-13-3-4-14(2)18(9-13)26-11-17(25)12-27-20-24-23-19(28-20)22-10-15-5-7-16(21)8-6-15/h3-9,17,25H,10-12H2,1-2H3,(H,22,23)/t17-/m0/s1. The molecule has 0 fully saturated rings. The molecule has 0 spiro atoms. The molecule has 3 aromatic rings. The summed E-state index contributed by atoms with van der Waals surface area (Å²) in [6.45, 7) is 4.77. The van der Waals surface area contributed by atoms with Crippen LogP contribution in [0.5, 0.6) is 5.75 Å². The summed E-state index contributed by atoms with van der Waals surface area (Å²) in [7, 11) is 0. The molecule has 2 N–H and O–H groups in total. The molecule has 0 amide bonds. The molecule has 0 unspecified atom stereocenters. The largest absolute Gasteiger partial charge is 0.491 e. The predicted molar refractivity (Wildman–Crippen MR) is 112 cm³/mol. The number of anilines is 1. The minimum absolute atomic E-state index is 0.228. The van der Waals surface area contributed by atoms with Crippen molar-refractivity contribution >= 4 is 28.2 Å². The van der Waals surface area contributed by atoms with Crippen molar-refractivity contribution in [3.8, 4) is 5.75 Å². The Labute approximate surface area is 172 Å². The van der Waals surface area contributed by atoms with Crippen molar-refractivity contribution in [1.29, 1.82) is 0 Å². The van der Waals surface area contributed by atoms with Gasteiger partial charge in [0.25, 0.3) is 0 Å². The maximum absolute atomic E-state index is 12.9. The number of nitrogens with zero attached hydrogens (tertiary/aromatic N) is 2. The van der Waals surface area contributed by atoms with Crippen LogP contribution in [0.3, 0.4) is 0 Å². The van der Waals surface area contributed by atoms with E-state index in [4.69, 9.17) is 4.74 Å². The molecule has 0 aliphatic carbocycles. The Morgan fingerprint density at radius 2 is 1.96 bits per heavy atom. The first-order valence-corrected chi connectivity index (χ1v) is 10.6. The van der Waals surface area contributed by atoms with Gasteiger partial charge in [-0.3, -0.25) is 0 Å². The van der Waals surface area contributed by atoms with E-state index in [9.17, 15) is 9.50 Å². The number of halogens is 1. The number of aromatic nitrogens is 2. The van der Waals surface area contributed by atoms with Crippen LogP contribution < -0.4 is 10.1 Å². The first-order valence-electron chi connectivity index (χ1n) is 8.82. The highest BCUT2D eigenvalue weighted by molar-refractivity contribution is 8.01. The number of ether oxygens (including phenoxy) is 1.